The molecule has 0 saturated carbocycles. The lowest BCUT2D eigenvalue weighted by atomic mass is 10.2. The molecular weight excluding hydrogens is 310 g/mol. The number of thioether (sulfide) groups is 1. The third-order valence-electron chi connectivity index (χ3n) is 2.75. The van der Waals surface area contributed by atoms with Gasteiger partial charge in [-0.15, -0.1) is 0 Å². The average Bonchev–Trinajstić information content (AvgIpc) is 2.93. The zero-order chi connectivity index (χ0) is 15.9. The van der Waals surface area contributed by atoms with Gasteiger partial charge >= 0.3 is 0 Å². The molecule has 1 aliphatic rings. The summed E-state index contributed by atoms with van der Waals surface area (Å²) in [4.78, 5) is -0.178. The number of nitrogens with two attached hydrogens (primary N) is 1. The second-order valence-corrected chi connectivity index (χ2v) is 7.11. The maximum Gasteiger partial charge on any atom is 0.190 e. The molecule has 0 spiro atoms. The Bertz CT molecular complexity index is 549. The van der Waals surface area contributed by atoms with Crippen LogP contribution in [0.1, 0.15) is 12.5 Å². The fraction of sp³-hybridized carbons (Fsp3) is 0.429. The summed E-state index contributed by atoms with van der Waals surface area (Å²) < 4.78 is 36.4. The van der Waals surface area contributed by atoms with E-state index < -0.39 is 10.1 Å². The smallest absolute Gasteiger partial charge is 0.190 e. The molecule has 1 fully saturated rings. The number of hydrogen-bond donors (Lipinski definition) is 1. The molecule has 1 aliphatic heterocycles. The number of quaternary nitrogens is 1. The van der Waals surface area contributed by atoms with Crippen molar-refractivity contribution in [2.45, 2.75) is 24.1 Å². The van der Waals surface area contributed by atoms with Crippen molar-refractivity contribution in [1.29, 1.82) is 0 Å². The van der Waals surface area contributed by atoms with E-state index in [1.54, 1.807) is 12.1 Å². The Hall–Kier alpha value is -1.02. The van der Waals surface area contributed by atoms with E-state index in [-0.39, 0.29) is 4.90 Å². The van der Waals surface area contributed by atoms with Gasteiger partial charge in [-0.25, -0.2) is 8.42 Å². The first kappa shape index (κ1) is 18.0. The van der Waals surface area contributed by atoms with Crippen LogP contribution in [0.2, 0.25) is 0 Å². The van der Waals surface area contributed by atoms with E-state index in [9.17, 15) is 13.0 Å². The lowest BCUT2D eigenvalue weighted by Gasteiger charge is -2.09. The van der Waals surface area contributed by atoms with E-state index in [4.69, 9.17) is 4.74 Å². The van der Waals surface area contributed by atoms with Crippen LogP contribution in [0.15, 0.2) is 41.5 Å². The highest BCUT2D eigenvalue weighted by Gasteiger charge is 2.22. The average molecular weight is 331 g/mol. The fourth-order valence-electron chi connectivity index (χ4n) is 1.68. The summed E-state index contributed by atoms with van der Waals surface area (Å²) in [5, 5.41) is 2.72. The molecule has 1 unspecified atom stereocenters. The Morgan fingerprint density at radius 3 is 2.52 bits per heavy atom. The number of hydrogen-bond acceptors (Lipinski definition) is 5. The first-order chi connectivity index (χ1) is 9.84. The molecule has 1 aromatic rings. The van der Waals surface area contributed by atoms with E-state index in [1.807, 2.05) is 25.6 Å². The SMILES string of the molecule is C=C(OCC)C1[NH2+]CCS1.Cc1ccc(S(=O)(=O)[O-])cc1. The largest absolute Gasteiger partial charge is 0.744 e. The first-order valence-corrected chi connectivity index (χ1v) is 9.09. The lowest BCUT2D eigenvalue weighted by Crippen LogP contribution is -2.86. The van der Waals surface area contributed by atoms with E-state index >= 15 is 0 Å². The van der Waals surface area contributed by atoms with Crippen molar-refractivity contribution in [2.24, 2.45) is 0 Å². The summed E-state index contributed by atoms with van der Waals surface area (Å²) in [6.07, 6.45) is 0. The molecule has 2 rings (SSSR count). The maximum absolute atomic E-state index is 10.4. The number of ether oxygens (including phenoxy) is 1. The molecule has 7 heteroatoms. The van der Waals surface area contributed by atoms with Crippen LogP contribution in [0.25, 0.3) is 0 Å². The molecule has 0 aliphatic carbocycles. The summed E-state index contributed by atoms with van der Waals surface area (Å²) >= 11 is 1.91. The monoisotopic (exact) mass is 331 g/mol. The van der Waals surface area contributed by atoms with Crippen LogP contribution in [0.5, 0.6) is 0 Å². The second kappa shape index (κ2) is 8.43. The van der Waals surface area contributed by atoms with Gasteiger partial charge in [-0.2, -0.15) is 0 Å². The maximum atomic E-state index is 10.4. The van der Waals surface area contributed by atoms with Gasteiger partial charge in [0.25, 0.3) is 0 Å². The number of benzene rings is 1. The fourth-order valence-corrected chi connectivity index (χ4v) is 3.20. The predicted molar refractivity (Wildman–Crippen MR) is 82.9 cm³/mol. The van der Waals surface area contributed by atoms with Gasteiger partial charge < -0.3 is 14.6 Å². The Balaban J connectivity index is 0.000000211. The van der Waals surface area contributed by atoms with Crippen molar-refractivity contribution in [3.8, 4) is 0 Å². The van der Waals surface area contributed by atoms with E-state index in [2.05, 4.69) is 11.9 Å². The summed E-state index contributed by atoms with van der Waals surface area (Å²) in [6.45, 7) is 9.60. The number of aryl methyl sites for hydroxylation is 1. The van der Waals surface area contributed by atoms with Crippen LogP contribution in [-0.2, 0) is 14.9 Å². The minimum atomic E-state index is -4.27. The molecule has 0 bridgehead atoms. The summed E-state index contributed by atoms with van der Waals surface area (Å²) in [5.74, 6) is 2.14. The molecule has 1 atom stereocenters. The van der Waals surface area contributed by atoms with Gasteiger partial charge in [0.15, 0.2) is 11.1 Å². The molecule has 2 N–H and O–H groups in total. The highest BCUT2D eigenvalue weighted by Crippen LogP contribution is 2.15. The Morgan fingerprint density at radius 1 is 1.48 bits per heavy atom. The van der Waals surface area contributed by atoms with Crippen LogP contribution < -0.4 is 5.32 Å². The van der Waals surface area contributed by atoms with Crippen molar-refractivity contribution in [3.05, 3.63) is 42.2 Å². The molecule has 1 saturated heterocycles. The van der Waals surface area contributed by atoms with Gasteiger partial charge in [-0.05, 0) is 26.0 Å². The summed E-state index contributed by atoms with van der Waals surface area (Å²) in [6, 6.07) is 5.78. The van der Waals surface area contributed by atoms with Gasteiger partial charge in [-0.3, -0.25) is 0 Å². The first-order valence-electron chi connectivity index (χ1n) is 6.63. The Labute approximate surface area is 130 Å². The third kappa shape index (κ3) is 6.52. The zero-order valence-corrected chi connectivity index (χ0v) is 13.9. The quantitative estimate of drug-likeness (QED) is 0.659. The summed E-state index contributed by atoms with van der Waals surface area (Å²) in [7, 11) is -4.27. The van der Waals surface area contributed by atoms with Crippen LogP contribution >= 0.6 is 11.8 Å². The van der Waals surface area contributed by atoms with Gasteiger partial charge in [0.2, 0.25) is 0 Å². The molecule has 1 heterocycles. The Morgan fingerprint density at radius 2 is 2.10 bits per heavy atom. The minimum absolute atomic E-state index is 0.178. The predicted octanol–water partition coefficient (Wildman–Crippen LogP) is 1.07. The van der Waals surface area contributed by atoms with Crippen molar-refractivity contribution in [2.75, 3.05) is 18.9 Å². The molecule has 118 valence electrons. The normalized spacial score (nSPS) is 17.8. The van der Waals surface area contributed by atoms with Gasteiger partial charge in [0.1, 0.15) is 10.1 Å². The molecule has 1 aromatic carbocycles. The lowest BCUT2D eigenvalue weighted by molar-refractivity contribution is -0.652. The highest BCUT2D eigenvalue weighted by molar-refractivity contribution is 8.00. The van der Waals surface area contributed by atoms with E-state index in [0.29, 0.717) is 5.37 Å². The highest BCUT2D eigenvalue weighted by atomic mass is 32.2. The molecule has 0 aromatic heterocycles. The second-order valence-electron chi connectivity index (χ2n) is 4.48. The van der Waals surface area contributed by atoms with Crippen LogP contribution in [0.4, 0.5) is 0 Å². The molecule has 0 radical (unpaired) electrons. The van der Waals surface area contributed by atoms with Crippen molar-refractivity contribution >= 4 is 21.9 Å². The van der Waals surface area contributed by atoms with E-state index in [0.717, 1.165) is 17.9 Å². The van der Waals surface area contributed by atoms with Crippen molar-refractivity contribution < 1.29 is 23.0 Å². The molecule has 0 amide bonds. The van der Waals surface area contributed by atoms with Crippen LogP contribution in [0, 0.1) is 6.92 Å². The standard InChI is InChI=1S/C7H13NOS.C7H8O3S/c1-3-9-6(2)7-8-4-5-10-7;1-6-2-4-7(5-3-6)11(8,9)10/h7-8H,2-5H2,1H3;2-5H,1H3,(H,8,9,10). The van der Waals surface area contributed by atoms with Gasteiger partial charge in [0.05, 0.1) is 18.0 Å². The van der Waals surface area contributed by atoms with Crippen LogP contribution in [-0.4, -0.2) is 37.2 Å². The van der Waals surface area contributed by atoms with E-state index in [1.165, 1.54) is 24.4 Å². The topological polar surface area (TPSA) is 83.0 Å². The third-order valence-corrected chi connectivity index (χ3v) is 4.89. The number of rotatable bonds is 4. The van der Waals surface area contributed by atoms with Gasteiger partial charge in [-0.1, -0.05) is 36.0 Å². The molecule has 21 heavy (non-hydrogen) atoms. The van der Waals surface area contributed by atoms with Crippen molar-refractivity contribution in [3.63, 3.8) is 0 Å². The van der Waals surface area contributed by atoms with Crippen molar-refractivity contribution in [1.82, 2.24) is 0 Å². The minimum Gasteiger partial charge on any atom is -0.744 e. The molecular formula is C14H21NO4S2. The Kier molecular flexibility index (Phi) is 7.24. The zero-order valence-electron chi connectivity index (χ0n) is 12.2. The molecule has 5 nitrogen and oxygen atoms in total. The van der Waals surface area contributed by atoms with Crippen LogP contribution in [0.3, 0.4) is 0 Å². The summed E-state index contributed by atoms with van der Waals surface area (Å²) in [5.41, 5.74) is 0.928. The van der Waals surface area contributed by atoms with Gasteiger partial charge in [0, 0.05) is 5.75 Å².